The molecule has 0 aliphatic heterocycles. The van der Waals surface area contributed by atoms with E-state index in [-0.39, 0.29) is 5.91 Å². The zero-order chi connectivity index (χ0) is 13.2. The van der Waals surface area contributed by atoms with Gasteiger partial charge in [0.25, 0.3) is 5.91 Å². The molecule has 2 aromatic rings. The Morgan fingerprint density at radius 2 is 2.26 bits per heavy atom. The predicted molar refractivity (Wildman–Crippen MR) is 80.5 cm³/mol. The van der Waals surface area contributed by atoms with Crippen molar-refractivity contribution in [3.63, 3.8) is 0 Å². The van der Waals surface area contributed by atoms with Crippen LogP contribution in [0.3, 0.4) is 0 Å². The van der Waals surface area contributed by atoms with Gasteiger partial charge in [-0.2, -0.15) is 5.10 Å². The maximum absolute atomic E-state index is 11.9. The Hall–Kier alpha value is -1.46. The highest BCUT2D eigenvalue weighted by molar-refractivity contribution is 7.14. The van der Waals surface area contributed by atoms with Crippen LogP contribution in [0.25, 0.3) is 0 Å². The van der Waals surface area contributed by atoms with Gasteiger partial charge in [-0.3, -0.25) is 4.79 Å². The molecule has 0 bridgehead atoms. The first-order valence-electron chi connectivity index (χ1n) is 6.24. The topological polar surface area (TPSA) is 41.5 Å². The minimum atomic E-state index is -0.107. The number of fused-ring (bicyclic) bond motifs is 1. The average Bonchev–Trinajstić information content (AvgIpc) is 3.03. The van der Waals surface area contributed by atoms with Crippen LogP contribution >= 0.6 is 22.7 Å². The Morgan fingerprint density at radius 1 is 1.37 bits per heavy atom. The smallest absolute Gasteiger partial charge is 0.266 e. The number of nitrogens with one attached hydrogen (secondary N) is 1. The maximum atomic E-state index is 11.9. The fraction of sp³-hybridized carbons (Fsp3) is 0.286. The molecule has 0 fully saturated rings. The fourth-order valence-electron chi connectivity index (χ4n) is 2.17. The SMILES string of the molecule is Cc1ccc(/C=N\NC(=O)c2cc3c(s2)CCC3)s1. The lowest BCUT2D eigenvalue weighted by atomic mass is 10.2. The zero-order valence-electron chi connectivity index (χ0n) is 10.6. The van der Waals surface area contributed by atoms with Gasteiger partial charge in [-0.1, -0.05) is 0 Å². The minimum Gasteiger partial charge on any atom is -0.266 e. The summed E-state index contributed by atoms with van der Waals surface area (Å²) in [6.07, 6.45) is 5.14. The number of hydrogen-bond acceptors (Lipinski definition) is 4. The quantitative estimate of drug-likeness (QED) is 0.683. The molecule has 19 heavy (non-hydrogen) atoms. The summed E-state index contributed by atoms with van der Waals surface area (Å²) in [5.41, 5.74) is 3.93. The summed E-state index contributed by atoms with van der Waals surface area (Å²) in [7, 11) is 0. The van der Waals surface area contributed by atoms with Crippen molar-refractivity contribution in [3.8, 4) is 0 Å². The highest BCUT2D eigenvalue weighted by Crippen LogP contribution is 2.30. The third-order valence-electron chi connectivity index (χ3n) is 3.09. The van der Waals surface area contributed by atoms with E-state index in [1.165, 1.54) is 21.7 Å². The molecule has 2 aromatic heterocycles. The highest BCUT2D eigenvalue weighted by Gasteiger charge is 2.17. The van der Waals surface area contributed by atoms with Crippen LogP contribution in [0.15, 0.2) is 23.3 Å². The lowest BCUT2D eigenvalue weighted by Gasteiger charge is -1.95. The number of hydrogen-bond donors (Lipinski definition) is 1. The third kappa shape index (κ3) is 2.77. The minimum absolute atomic E-state index is 0.107. The second kappa shape index (κ2) is 5.27. The first-order chi connectivity index (χ1) is 9.22. The summed E-state index contributed by atoms with van der Waals surface area (Å²) >= 11 is 3.25. The Balaban J connectivity index is 1.63. The molecule has 3 rings (SSSR count). The number of hydrazone groups is 1. The standard InChI is InChI=1S/C14H14N2OS2/c1-9-5-6-11(18-9)8-15-16-14(17)13-7-10-3-2-4-12(10)19-13/h5-8H,2-4H2,1H3,(H,16,17)/b15-8-. The van der Waals surface area contributed by atoms with Gasteiger partial charge in [-0.15, -0.1) is 22.7 Å². The average molecular weight is 290 g/mol. The molecule has 0 radical (unpaired) electrons. The van der Waals surface area contributed by atoms with E-state index in [9.17, 15) is 4.79 Å². The fourth-order valence-corrected chi connectivity index (χ4v) is 4.07. The van der Waals surface area contributed by atoms with Gasteiger partial charge >= 0.3 is 0 Å². The third-order valence-corrected chi connectivity index (χ3v) is 5.26. The molecule has 0 spiro atoms. The van der Waals surface area contributed by atoms with Crippen LogP contribution in [0.5, 0.6) is 0 Å². The molecule has 1 aliphatic carbocycles. The summed E-state index contributed by atoms with van der Waals surface area (Å²) in [5, 5.41) is 4.01. The van der Waals surface area contributed by atoms with Crippen LogP contribution in [0.1, 0.15) is 36.3 Å². The molecule has 0 unspecified atom stereocenters. The van der Waals surface area contributed by atoms with Gasteiger partial charge in [0.1, 0.15) is 0 Å². The monoisotopic (exact) mass is 290 g/mol. The Morgan fingerprint density at radius 3 is 3.00 bits per heavy atom. The lowest BCUT2D eigenvalue weighted by molar-refractivity contribution is 0.0959. The van der Waals surface area contributed by atoms with E-state index in [4.69, 9.17) is 0 Å². The van der Waals surface area contributed by atoms with Crippen LogP contribution in [-0.4, -0.2) is 12.1 Å². The van der Waals surface area contributed by atoms with E-state index in [1.54, 1.807) is 28.9 Å². The number of amides is 1. The van der Waals surface area contributed by atoms with Gasteiger partial charge < -0.3 is 0 Å². The normalized spacial score (nSPS) is 13.9. The van der Waals surface area contributed by atoms with Gasteiger partial charge in [0.2, 0.25) is 0 Å². The van der Waals surface area contributed by atoms with Crippen molar-refractivity contribution in [1.82, 2.24) is 5.43 Å². The number of thiophene rings is 2. The van der Waals surface area contributed by atoms with Crippen LogP contribution < -0.4 is 5.43 Å². The number of nitrogens with zero attached hydrogens (tertiary/aromatic N) is 1. The van der Waals surface area contributed by atoms with Crippen LogP contribution in [0.4, 0.5) is 0 Å². The van der Waals surface area contributed by atoms with E-state index in [1.807, 2.05) is 25.1 Å². The zero-order valence-corrected chi connectivity index (χ0v) is 12.2. The molecule has 2 heterocycles. The number of carbonyl (C=O) groups excluding carboxylic acids is 1. The molecule has 1 amide bonds. The first kappa shape index (κ1) is 12.6. The predicted octanol–water partition coefficient (Wildman–Crippen LogP) is 3.37. The van der Waals surface area contributed by atoms with Crippen LogP contribution in [0.2, 0.25) is 0 Å². The van der Waals surface area contributed by atoms with Crippen molar-refractivity contribution in [2.75, 3.05) is 0 Å². The molecule has 0 atom stereocenters. The second-order valence-corrected chi connectivity index (χ2v) is 7.02. The summed E-state index contributed by atoms with van der Waals surface area (Å²) < 4.78 is 0. The molecular formula is C14H14N2OS2. The largest absolute Gasteiger partial charge is 0.281 e. The van der Waals surface area contributed by atoms with Gasteiger partial charge in [-0.05, 0) is 49.9 Å². The molecule has 1 N–H and O–H groups in total. The van der Waals surface area contributed by atoms with Gasteiger partial charge in [0, 0.05) is 14.6 Å². The van der Waals surface area contributed by atoms with Crippen molar-refractivity contribution < 1.29 is 4.79 Å². The van der Waals surface area contributed by atoms with Crippen LogP contribution in [-0.2, 0) is 12.8 Å². The lowest BCUT2D eigenvalue weighted by Crippen LogP contribution is -2.16. The highest BCUT2D eigenvalue weighted by atomic mass is 32.1. The Labute approximate surface area is 120 Å². The van der Waals surface area contributed by atoms with Crippen molar-refractivity contribution >= 4 is 34.8 Å². The Kier molecular flexibility index (Phi) is 3.48. The molecule has 0 saturated carbocycles. The summed E-state index contributed by atoms with van der Waals surface area (Å²) in [4.78, 5) is 16.4. The first-order valence-corrected chi connectivity index (χ1v) is 7.87. The van der Waals surface area contributed by atoms with Gasteiger partial charge in [0.05, 0.1) is 11.1 Å². The molecule has 0 saturated heterocycles. The van der Waals surface area contributed by atoms with Crippen molar-refractivity contribution in [2.24, 2.45) is 5.10 Å². The Bertz CT molecular complexity index is 618. The summed E-state index contributed by atoms with van der Waals surface area (Å²) in [5.74, 6) is -0.107. The number of aryl methyl sites for hydroxylation is 3. The second-order valence-electron chi connectivity index (χ2n) is 4.56. The molecule has 0 aromatic carbocycles. The molecule has 5 heteroatoms. The molecule has 1 aliphatic rings. The maximum Gasteiger partial charge on any atom is 0.281 e. The van der Waals surface area contributed by atoms with Crippen molar-refractivity contribution in [3.05, 3.63) is 43.3 Å². The van der Waals surface area contributed by atoms with E-state index in [2.05, 4.69) is 10.5 Å². The van der Waals surface area contributed by atoms with E-state index < -0.39 is 0 Å². The van der Waals surface area contributed by atoms with E-state index in [0.29, 0.717) is 0 Å². The van der Waals surface area contributed by atoms with E-state index in [0.717, 1.165) is 22.6 Å². The number of rotatable bonds is 3. The van der Waals surface area contributed by atoms with Crippen LogP contribution in [0, 0.1) is 6.92 Å². The summed E-state index contributed by atoms with van der Waals surface area (Å²) in [6, 6.07) is 6.04. The van der Waals surface area contributed by atoms with Crippen molar-refractivity contribution in [1.29, 1.82) is 0 Å². The molecule has 3 nitrogen and oxygen atoms in total. The van der Waals surface area contributed by atoms with E-state index >= 15 is 0 Å². The molecular weight excluding hydrogens is 276 g/mol. The summed E-state index contributed by atoms with van der Waals surface area (Å²) in [6.45, 7) is 2.05. The van der Waals surface area contributed by atoms with Gasteiger partial charge in [0.15, 0.2) is 0 Å². The van der Waals surface area contributed by atoms with Crippen molar-refractivity contribution in [2.45, 2.75) is 26.2 Å². The van der Waals surface area contributed by atoms with Gasteiger partial charge in [-0.25, -0.2) is 5.43 Å². The molecule has 98 valence electrons. The number of carbonyl (C=O) groups is 1.